The van der Waals surface area contributed by atoms with Gasteiger partial charge in [0.15, 0.2) is 0 Å². The molecule has 0 aliphatic carbocycles. The van der Waals surface area contributed by atoms with Crippen LogP contribution in [0.4, 0.5) is 17.6 Å². The van der Waals surface area contributed by atoms with E-state index >= 15 is 0 Å². The Hall–Kier alpha value is -2.15. The van der Waals surface area contributed by atoms with E-state index in [9.17, 15) is 17.6 Å². The van der Waals surface area contributed by atoms with E-state index in [0.717, 1.165) is 17.8 Å². The van der Waals surface area contributed by atoms with E-state index in [1.165, 1.54) is 6.07 Å². The van der Waals surface area contributed by atoms with Gasteiger partial charge in [0.05, 0.1) is 11.3 Å². The highest BCUT2D eigenvalue weighted by Crippen LogP contribution is 2.50. The molecule has 3 heterocycles. The van der Waals surface area contributed by atoms with Gasteiger partial charge in [0.25, 0.3) is 0 Å². The fourth-order valence-corrected chi connectivity index (χ4v) is 3.75. The van der Waals surface area contributed by atoms with Crippen LogP contribution in [0.2, 0.25) is 0 Å². The van der Waals surface area contributed by atoms with Crippen molar-refractivity contribution < 1.29 is 22.3 Å². The lowest BCUT2D eigenvalue weighted by molar-refractivity contribution is -0.137. The van der Waals surface area contributed by atoms with Crippen molar-refractivity contribution in [3.63, 3.8) is 0 Å². The zero-order valence-electron chi connectivity index (χ0n) is 13.7. The van der Waals surface area contributed by atoms with Crippen molar-refractivity contribution in [3.8, 4) is 11.5 Å². The summed E-state index contributed by atoms with van der Waals surface area (Å²) in [5, 5.41) is 0. The van der Waals surface area contributed by atoms with Crippen LogP contribution in [0.25, 0.3) is 0 Å². The summed E-state index contributed by atoms with van der Waals surface area (Å²) >= 11 is 0. The van der Waals surface area contributed by atoms with Crippen LogP contribution in [0.5, 0.6) is 11.5 Å². The van der Waals surface area contributed by atoms with Crippen molar-refractivity contribution >= 4 is 0 Å². The van der Waals surface area contributed by atoms with Gasteiger partial charge in [-0.15, -0.1) is 0 Å². The number of halogens is 4. The average Bonchev–Trinajstić information content (AvgIpc) is 2.86. The average molecular weight is 352 g/mol. The first-order valence-corrected chi connectivity index (χ1v) is 7.97. The molecule has 0 amide bonds. The molecule has 7 heteroatoms. The topological polar surface area (TPSA) is 25.4 Å². The maximum absolute atomic E-state index is 14.0. The molecule has 1 aromatic heterocycles. The number of likely N-dealkylation sites (N-methyl/N-ethyl adjacent to an activating group) is 1. The molecule has 2 atom stereocenters. The summed E-state index contributed by atoms with van der Waals surface area (Å²) in [5.74, 6) is -0.196. The van der Waals surface area contributed by atoms with Gasteiger partial charge in [-0.3, -0.25) is 4.98 Å². The van der Waals surface area contributed by atoms with Crippen LogP contribution in [0.3, 0.4) is 0 Å². The number of aryl methyl sites for hydroxylation is 1. The molecule has 0 bridgehead atoms. The number of alkyl halides is 3. The van der Waals surface area contributed by atoms with Crippen LogP contribution in [0.15, 0.2) is 24.4 Å². The molecular formula is C18H16F4N2O. The van der Waals surface area contributed by atoms with E-state index in [2.05, 4.69) is 9.88 Å². The summed E-state index contributed by atoms with van der Waals surface area (Å²) < 4.78 is 58.9. The number of likely N-dealkylation sites (tertiary alicyclic amines) is 1. The molecule has 3 nitrogen and oxygen atoms in total. The predicted octanol–water partition coefficient (Wildman–Crippen LogP) is 4.47. The monoisotopic (exact) mass is 352 g/mol. The first-order valence-electron chi connectivity index (χ1n) is 7.97. The molecule has 1 aromatic carbocycles. The molecule has 2 aromatic rings. The number of nitrogens with zero attached hydrogens (tertiary/aromatic N) is 2. The number of rotatable bonds is 0. The second kappa shape index (κ2) is 5.42. The van der Waals surface area contributed by atoms with Crippen LogP contribution in [-0.4, -0.2) is 30.0 Å². The number of hydrogen-bond acceptors (Lipinski definition) is 3. The van der Waals surface area contributed by atoms with Crippen molar-refractivity contribution in [1.29, 1.82) is 0 Å². The minimum atomic E-state index is -4.51. The maximum atomic E-state index is 14.0. The second-order valence-corrected chi connectivity index (χ2v) is 6.78. The number of benzene rings is 1. The Balaban J connectivity index is 1.91. The standard InChI is InChI=1S/C18H16F4N2O/c1-9-3-11-12-7-24(2)8-13(12)17-16(25-15(11)5-14(9)19)4-10(6-23-17)18(20,21)22/h3-6,12-13H,7-8H2,1-2H3/t12-,13-/m0/s1. The van der Waals surface area contributed by atoms with Crippen LogP contribution < -0.4 is 4.74 Å². The summed E-state index contributed by atoms with van der Waals surface area (Å²) in [6.45, 7) is 3.05. The van der Waals surface area contributed by atoms with Gasteiger partial charge < -0.3 is 9.64 Å². The normalized spacial score (nSPS) is 22.6. The van der Waals surface area contributed by atoms with E-state index in [-0.39, 0.29) is 23.3 Å². The smallest absolute Gasteiger partial charge is 0.418 e. The Kier molecular flexibility index (Phi) is 3.54. The third kappa shape index (κ3) is 2.66. The van der Waals surface area contributed by atoms with Gasteiger partial charge in [0.1, 0.15) is 17.3 Å². The van der Waals surface area contributed by atoms with E-state index in [0.29, 0.717) is 24.3 Å². The Morgan fingerprint density at radius 1 is 1.12 bits per heavy atom. The number of pyridine rings is 1. The predicted molar refractivity (Wildman–Crippen MR) is 83.4 cm³/mol. The lowest BCUT2D eigenvalue weighted by Gasteiger charge is -2.17. The summed E-state index contributed by atoms with van der Waals surface area (Å²) in [6.07, 6.45) is -3.66. The molecule has 132 valence electrons. The number of aromatic nitrogens is 1. The van der Waals surface area contributed by atoms with Crippen LogP contribution in [0, 0.1) is 12.7 Å². The molecule has 0 unspecified atom stereocenters. The molecule has 25 heavy (non-hydrogen) atoms. The van der Waals surface area contributed by atoms with Gasteiger partial charge in [-0.2, -0.15) is 13.2 Å². The van der Waals surface area contributed by atoms with Gasteiger partial charge in [0.2, 0.25) is 0 Å². The van der Waals surface area contributed by atoms with Crippen LogP contribution in [-0.2, 0) is 6.18 Å². The van der Waals surface area contributed by atoms with E-state index in [1.54, 1.807) is 13.0 Å². The van der Waals surface area contributed by atoms with Gasteiger partial charge in [0, 0.05) is 42.8 Å². The molecule has 4 rings (SSSR count). The summed E-state index contributed by atoms with van der Waals surface area (Å²) in [6, 6.07) is 3.96. The Morgan fingerprint density at radius 3 is 2.56 bits per heavy atom. The molecule has 0 radical (unpaired) electrons. The minimum Gasteiger partial charge on any atom is -0.455 e. The summed E-state index contributed by atoms with van der Waals surface area (Å²) in [5.41, 5.74) is 0.937. The third-order valence-electron chi connectivity index (χ3n) is 4.97. The number of ether oxygens (including phenoxy) is 1. The molecule has 2 aliphatic rings. The van der Waals surface area contributed by atoms with E-state index in [4.69, 9.17) is 4.74 Å². The molecule has 2 aliphatic heterocycles. The molecular weight excluding hydrogens is 336 g/mol. The summed E-state index contributed by atoms with van der Waals surface area (Å²) in [4.78, 5) is 6.19. The Labute approximate surface area is 142 Å². The van der Waals surface area contributed by atoms with Crippen molar-refractivity contribution in [2.75, 3.05) is 20.1 Å². The molecule has 0 spiro atoms. The molecule has 0 N–H and O–H groups in total. The highest BCUT2D eigenvalue weighted by atomic mass is 19.4. The zero-order valence-corrected chi connectivity index (χ0v) is 13.7. The van der Waals surface area contributed by atoms with Gasteiger partial charge in [-0.05, 0) is 31.7 Å². The van der Waals surface area contributed by atoms with E-state index < -0.39 is 17.6 Å². The maximum Gasteiger partial charge on any atom is 0.418 e. The van der Waals surface area contributed by atoms with Crippen molar-refractivity contribution in [2.45, 2.75) is 24.9 Å². The quantitative estimate of drug-likeness (QED) is 0.655. The molecule has 1 fully saturated rings. The lowest BCUT2D eigenvalue weighted by atomic mass is 9.85. The highest BCUT2D eigenvalue weighted by molar-refractivity contribution is 5.51. The fourth-order valence-electron chi connectivity index (χ4n) is 3.75. The number of fused-ring (bicyclic) bond motifs is 5. The molecule has 1 saturated heterocycles. The van der Waals surface area contributed by atoms with Gasteiger partial charge >= 0.3 is 6.18 Å². The first-order chi connectivity index (χ1) is 11.7. The Morgan fingerprint density at radius 2 is 1.84 bits per heavy atom. The van der Waals surface area contributed by atoms with Crippen molar-refractivity contribution in [2.24, 2.45) is 0 Å². The second-order valence-electron chi connectivity index (χ2n) is 6.78. The SMILES string of the molecule is Cc1cc2c(cc1F)Oc1cc(C(F)(F)F)cnc1[C@H]1CN(C)C[C@@H]21. The largest absolute Gasteiger partial charge is 0.455 e. The van der Waals surface area contributed by atoms with Crippen molar-refractivity contribution in [3.05, 3.63) is 52.6 Å². The summed E-state index contributed by atoms with van der Waals surface area (Å²) in [7, 11) is 1.95. The Bertz CT molecular complexity index is 850. The van der Waals surface area contributed by atoms with Gasteiger partial charge in [-0.1, -0.05) is 0 Å². The first kappa shape index (κ1) is 16.3. The van der Waals surface area contributed by atoms with Crippen LogP contribution in [0.1, 0.15) is 34.2 Å². The van der Waals surface area contributed by atoms with E-state index in [1.807, 2.05) is 7.05 Å². The lowest BCUT2D eigenvalue weighted by Crippen LogP contribution is -2.15. The molecule has 0 saturated carbocycles. The highest BCUT2D eigenvalue weighted by Gasteiger charge is 2.41. The fraction of sp³-hybridized carbons (Fsp3) is 0.389. The third-order valence-corrected chi connectivity index (χ3v) is 4.97. The zero-order chi connectivity index (χ0) is 17.9. The van der Waals surface area contributed by atoms with Gasteiger partial charge in [-0.25, -0.2) is 4.39 Å². The van der Waals surface area contributed by atoms with Crippen molar-refractivity contribution in [1.82, 2.24) is 9.88 Å². The number of hydrogen-bond donors (Lipinski definition) is 0. The van der Waals surface area contributed by atoms with Crippen LogP contribution >= 0.6 is 0 Å². The minimum absolute atomic E-state index is 0.00443.